The largest absolute Gasteiger partial charge is 0.376 e. The third-order valence-corrected chi connectivity index (χ3v) is 6.26. The van der Waals surface area contributed by atoms with E-state index in [1.165, 1.54) is 11.8 Å². The number of amides is 1. The minimum atomic E-state index is -0.273. The Kier molecular flexibility index (Phi) is 7.22. The molecule has 2 N–H and O–H groups in total. The summed E-state index contributed by atoms with van der Waals surface area (Å²) in [7, 11) is 0. The van der Waals surface area contributed by atoms with E-state index in [1.807, 2.05) is 48.5 Å². The quantitative estimate of drug-likeness (QED) is 0.502. The van der Waals surface area contributed by atoms with E-state index < -0.39 is 0 Å². The van der Waals surface area contributed by atoms with E-state index in [0.29, 0.717) is 18.1 Å². The Morgan fingerprint density at radius 3 is 2.65 bits per heavy atom. The third-order valence-electron chi connectivity index (χ3n) is 5.29. The highest BCUT2D eigenvalue weighted by Crippen LogP contribution is 2.21. The van der Waals surface area contributed by atoms with Gasteiger partial charge in [-0.3, -0.25) is 9.36 Å². The lowest BCUT2D eigenvalue weighted by Crippen LogP contribution is -2.31. The van der Waals surface area contributed by atoms with Gasteiger partial charge in [0.05, 0.1) is 24.4 Å². The topological polar surface area (TPSA) is 89.0 Å². The first-order chi connectivity index (χ1) is 15.2. The van der Waals surface area contributed by atoms with E-state index >= 15 is 0 Å². The molecule has 1 aromatic heterocycles. The maximum Gasteiger partial charge on any atom is 0.344 e. The second-order valence-electron chi connectivity index (χ2n) is 7.57. The van der Waals surface area contributed by atoms with Crippen LogP contribution in [0.2, 0.25) is 0 Å². The fourth-order valence-electron chi connectivity index (χ4n) is 3.72. The molecule has 3 aromatic rings. The Morgan fingerprint density at radius 2 is 1.94 bits per heavy atom. The lowest BCUT2D eigenvalue weighted by molar-refractivity contribution is -0.119. The number of H-pyrrole nitrogens is 1. The zero-order chi connectivity index (χ0) is 21.5. The van der Waals surface area contributed by atoms with Crippen molar-refractivity contribution in [2.24, 2.45) is 0 Å². The van der Waals surface area contributed by atoms with E-state index in [2.05, 4.69) is 27.6 Å². The zero-order valence-electron chi connectivity index (χ0n) is 17.2. The number of carbonyl (C=O) groups is 1. The van der Waals surface area contributed by atoms with Gasteiger partial charge in [0, 0.05) is 6.61 Å². The van der Waals surface area contributed by atoms with Crippen molar-refractivity contribution in [2.45, 2.75) is 43.1 Å². The van der Waals surface area contributed by atoms with Gasteiger partial charge in [-0.1, -0.05) is 72.4 Å². The molecule has 0 spiro atoms. The normalized spacial score (nSPS) is 16.8. The molecule has 0 aliphatic carbocycles. The molecule has 2 atom stereocenters. The van der Waals surface area contributed by atoms with Crippen molar-refractivity contribution in [1.82, 2.24) is 20.1 Å². The molecular formula is C23H26N4O3S. The monoisotopic (exact) mass is 438 g/mol. The van der Waals surface area contributed by atoms with Gasteiger partial charge in [0.15, 0.2) is 5.16 Å². The van der Waals surface area contributed by atoms with Gasteiger partial charge in [-0.2, -0.15) is 0 Å². The van der Waals surface area contributed by atoms with Gasteiger partial charge in [0.2, 0.25) is 5.91 Å². The summed E-state index contributed by atoms with van der Waals surface area (Å²) in [5, 5.41) is 10.2. The van der Waals surface area contributed by atoms with Crippen LogP contribution >= 0.6 is 11.8 Å². The van der Waals surface area contributed by atoms with Crippen molar-refractivity contribution in [3.05, 3.63) is 82.3 Å². The van der Waals surface area contributed by atoms with Gasteiger partial charge in [-0.15, -0.1) is 5.10 Å². The SMILES string of the molecule is O=C(CSc1n[nH]c(=O)n1C[C@H]1CCCO1)N[C@H](Cc1ccccc1)c1ccccc1. The van der Waals surface area contributed by atoms with Gasteiger partial charge in [-0.25, -0.2) is 9.89 Å². The molecule has 162 valence electrons. The Labute approximate surface area is 185 Å². The fraction of sp³-hybridized carbons (Fsp3) is 0.348. The van der Waals surface area contributed by atoms with Crippen molar-refractivity contribution in [3.8, 4) is 0 Å². The van der Waals surface area contributed by atoms with Crippen molar-refractivity contribution in [2.75, 3.05) is 12.4 Å². The Balaban J connectivity index is 1.40. The predicted molar refractivity (Wildman–Crippen MR) is 120 cm³/mol. The molecule has 2 aromatic carbocycles. The standard InChI is InChI=1S/C23H26N4O3S/c28-21(16-31-23-26-25-22(29)27(23)15-19-12-7-13-30-19)24-20(18-10-5-2-6-11-18)14-17-8-3-1-4-9-17/h1-6,8-11,19-20H,7,12-16H2,(H,24,28)(H,25,29)/t19-,20-/m1/s1. The molecule has 0 unspecified atom stereocenters. The van der Waals surface area contributed by atoms with Gasteiger partial charge >= 0.3 is 5.69 Å². The Hall–Kier alpha value is -2.84. The molecule has 0 saturated carbocycles. The minimum absolute atomic E-state index is 0.0248. The number of hydrogen-bond donors (Lipinski definition) is 2. The number of ether oxygens (including phenoxy) is 1. The molecule has 2 heterocycles. The first-order valence-electron chi connectivity index (χ1n) is 10.5. The van der Waals surface area contributed by atoms with Crippen LogP contribution in [0.15, 0.2) is 70.6 Å². The molecule has 8 heteroatoms. The molecule has 4 rings (SSSR count). The molecule has 1 amide bonds. The van der Waals surface area contributed by atoms with Crippen LogP contribution in [0.3, 0.4) is 0 Å². The Bertz CT molecular complexity index is 1030. The zero-order valence-corrected chi connectivity index (χ0v) is 18.0. The summed E-state index contributed by atoms with van der Waals surface area (Å²) in [4.78, 5) is 24.9. The van der Waals surface area contributed by atoms with E-state index in [9.17, 15) is 9.59 Å². The number of nitrogens with one attached hydrogen (secondary N) is 2. The van der Waals surface area contributed by atoms with Crippen LogP contribution in [0.4, 0.5) is 0 Å². The van der Waals surface area contributed by atoms with E-state index in [1.54, 1.807) is 4.57 Å². The fourth-order valence-corrected chi connectivity index (χ4v) is 4.49. The van der Waals surface area contributed by atoms with Gasteiger partial charge in [-0.05, 0) is 30.4 Å². The summed E-state index contributed by atoms with van der Waals surface area (Å²) in [6, 6.07) is 19.9. The molecule has 1 saturated heterocycles. The molecule has 1 aliphatic rings. The highest BCUT2D eigenvalue weighted by Gasteiger charge is 2.21. The molecule has 1 aliphatic heterocycles. The number of aromatic nitrogens is 3. The van der Waals surface area contributed by atoms with E-state index in [-0.39, 0.29) is 29.5 Å². The molecule has 1 fully saturated rings. The summed E-state index contributed by atoms with van der Waals surface area (Å²) in [5.41, 5.74) is 1.94. The Morgan fingerprint density at radius 1 is 1.19 bits per heavy atom. The first-order valence-corrected chi connectivity index (χ1v) is 11.5. The molecule has 0 radical (unpaired) electrons. The van der Waals surface area contributed by atoms with E-state index in [0.717, 1.165) is 30.6 Å². The molecule has 0 bridgehead atoms. The van der Waals surface area contributed by atoms with Crippen molar-refractivity contribution in [1.29, 1.82) is 0 Å². The van der Waals surface area contributed by atoms with Gasteiger partial charge in [0.25, 0.3) is 0 Å². The number of nitrogens with zero attached hydrogens (tertiary/aromatic N) is 2. The predicted octanol–water partition coefficient (Wildman–Crippen LogP) is 2.94. The second kappa shape index (κ2) is 10.5. The van der Waals surface area contributed by atoms with Crippen LogP contribution < -0.4 is 11.0 Å². The van der Waals surface area contributed by atoms with Crippen LogP contribution in [-0.4, -0.2) is 39.1 Å². The van der Waals surface area contributed by atoms with Crippen LogP contribution in [0.25, 0.3) is 0 Å². The number of hydrogen-bond acceptors (Lipinski definition) is 5. The van der Waals surface area contributed by atoms with Crippen LogP contribution in [-0.2, 0) is 22.5 Å². The second-order valence-corrected chi connectivity index (χ2v) is 8.51. The average Bonchev–Trinajstić information content (AvgIpc) is 3.44. The summed E-state index contributed by atoms with van der Waals surface area (Å²) in [6.45, 7) is 1.18. The highest BCUT2D eigenvalue weighted by molar-refractivity contribution is 7.99. The third kappa shape index (κ3) is 5.86. The van der Waals surface area contributed by atoms with Crippen molar-refractivity contribution in [3.63, 3.8) is 0 Å². The van der Waals surface area contributed by atoms with Crippen molar-refractivity contribution >= 4 is 17.7 Å². The first kappa shape index (κ1) is 21.4. The maximum absolute atomic E-state index is 12.8. The summed E-state index contributed by atoms with van der Waals surface area (Å²) >= 11 is 1.26. The van der Waals surface area contributed by atoms with Crippen LogP contribution in [0.5, 0.6) is 0 Å². The molecule has 31 heavy (non-hydrogen) atoms. The lowest BCUT2D eigenvalue weighted by Gasteiger charge is -2.19. The number of rotatable bonds is 9. The van der Waals surface area contributed by atoms with Gasteiger partial charge < -0.3 is 10.1 Å². The smallest absolute Gasteiger partial charge is 0.344 e. The maximum atomic E-state index is 12.8. The summed E-state index contributed by atoms with van der Waals surface area (Å²) in [5.74, 6) is 0.0717. The molecular weight excluding hydrogens is 412 g/mol. The number of thioether (sulfide) groups is 1. The number of aromatic amines is 1. The summed E-state index contributed by atoms with van der Waals surface area (Å²) < 4.78 is 7.19. The van der Waals surface area contributed by atoms with Crippen molar-refractivity contribution < 1.29 is 9.53 Å². The molecule has 7 nitrogen and oxygen atoms in total. The van der Waals surface area contributed by atoms with Crippen LogP contribution in [0.1, 0.15) is 30.0 Å². The van der Waals surface area contributed by atoms with Gasteiger partial charge in [0.1, 0.15) is 0 Å². The summed E-state index contributed by atoms with van der Waals surface area (Å²) in [6.07, 6.45) is 2.66. The van der Waals surface area contributed by atoms with Crippen LogP contribution in [0, 0.1) is 0 Å². The highest BCUT2D eigenvalue weighted by atomic mass is 32.2. The number of benzene rings is 2. The lowest BCUT2D eigenvalue weighted by atomic mass is 9.99. The minimum Gasteiger partial charge on any atom is -0.376 e. The number of carbonyl (C=O) groups excluding carboxylic acids is 1. The average molecular weight is 439 g/mol. The van der Waals surface area contributed by atoms with E-state index in [4.69, 9.17) is 4.74 Å².